The van der Waals surface area contributed by atoms with Crippen LogP contribution in [0.25, 0.3) is 11.0 Å². The van der Waals surface area contributed by atoms with Gasteiger partial charge in [-0.1, -0.05) is 6.07 Å². The van der Waals surface area contributed by atoms with Crippen LogP contribution in [0.1, 0.15) is 5.56 Å². The van der Waals surface area contributed by atoms with Gasteiger partial charge in [0, 0.05) is 19.3 Å². The van der Waals surface area contributed by atoms with Gasteiger partial charge in [0.15, 0.2) is 5.65 Å². The minimum absolute atomic E-state index is 0.0951. The summed E-state index contributed by atoms with van der Waals surface area (Å²) in [5.41, 5.74) is -0.0490. The average Bonchev–Trinajstić information content (AvgIpc) is 2.94. The van der Waals surface area contributed by atoms with Crippen LogP contribution in [0.5, 0.6) is 0 Å². The van der Waals surface area contributed by atoms with E-state index >= 15 is 0 Å². The number of nitrogens with one attached hydrogen (secondary N) is 2. The lowest BCUT2D eigenvalue weighted by atomic mass is 10.2. The van der Waals surface area contributed by atoms with Crippen molar-refractivity contribution in [3.63, 3.8) is 0 Å². The van der Waals surface area contributed by atoms with Crippen LogP contribution in [0.15, 0.2) is 30.5 Å². The van der Waals surface area contributed by atoms with Gasteiger partial charge < -0.3 is 15.7 Å². The van der Waals surface area contributed by atoms with Crippen LogP contribution in [0.2, 0.25) is 0 Å². The number of halogens is 3. The summed E-state index contributed by atoms with van der Waals surface area (Å²) in [6.45, 7) is 0.173. The maximum Gasteiger partial charge on any atom is 0.416 e. The Morgan fingerprint density at radius 3 is 2.76 bits per heavy atom. The lowest BCUT2D eigenvalue weighted by Gasteiger charge is -2.11. The highest BCUT2D eigenvalue weighted by Gasteiger charge is 2.30. The smallest absolute Gasteiger partial charge is 0.395 e. The van der Waals surface area contributed by atoms with Gasteiger partial charge in [-0.2, -0.15) is 28.2 Å². The second-order valence-corrected chi connectivity index (χ2v) is 5.26. The predicted octanol–water partition coefficient (Wildman–Crippen LogP) is 2.53. The molecule has 0 atom stereocenters. The van der Waals surface area contributed by atoms with Crippen molar-refractivity contribution in [2.24, 2.45) is 7.05 Å². The molecule has 3 rings (SSSR count). The molecular weight excluding hydrogens is 337 g/mol. The van der Waals surface area contributed by atoms with Crippen molar-refractivity contribution < 1.29 is 18.3 Å². The molecule has 0 amide bonds. The molecular formula is C15H15F3N6O. The molecule has 10 heteroatoms. The molecule has 132 valence electrons. The number of rotatable bonds is 5. The highest BCUT2D eigenvalue weighted by atomic mass is 19.4. The van der Waals surface area contributed by atoms with Crippen molar-refractivity contribution >= 4 is 28.5 Å². The number of hydrogen-bond acceptors (Lipinski definition) is 6. The number of benzene rings is 1. The lowest BCUT2D eigenvalue weighted by Crippen LogP contribution is -2.10. The number of aryl methyl sites for hydroxylation is 1. The SMILES string of the molecule is Cn1ncc2c(NCCO)nc(Nc3cccc(C(F)(F)F)c3)nc21. The molecule has 7 nitrogen and oxygen atoms in total. The molecule has 0 unspecified atom stereocenters. The van der Waals surface area contributed by atoms with Crippen molar-refractivity contribution in [1.82, 2.24) is 19.7 Å². The van der Waals surface area contributed by atoms with Crippen LogP contribution in [0.4, 0.5) is 30.6 Å². The molecule has 3 N–H and O–H groups in total. The fourth-order valence-corrected chi connectivity index (χ4v) is 2.29. The Hall–Kier alpha value is -2.88. The summed E-state index contributed by atoms with van der Waals surface area (Å²) < 4.78 is 40.0. The molecule has 2 heterocycles. The van der Waals surface area contributed by atoms with Crippen molar-refractivity contribution in [2.75, 3.05) is 23.8 Å². The molecule has 25 heavy (non-hydrogen) atoms. The van der Waals surface area contributed by atoms with Crippen LogP contribution < -0.4 is 10.6 Å². The fourth-order valence-electron chi connectivity index (χ4n) is 2.29. The summed E-state index contributed by atoms with van der Waals surface area (Å²) in [7, 11) is 1.69. The largest absolute Gasteiger partial charge is 0.416 e. The standard InChI is InChI=1S/C15H15F3N6O/c1-24-13-11(8-20-24)12(19-5-6-25)22-14(23-13)21-10-4-2-3-9(7-10)15(16,17)18/h2-4,7-8,25H,5-6H2,1H3,(H2,19,21,22,23). The molecule has 0 spiro atoms. The zero-order valence-corrected chi connectivity index (χ0v) is 13.2. The Morgan fingerprint density at radius 2 is 2.04 bits per heavy atom. The molecule has 1 aromatic carbocycles. The zero-order chi connectivity index (χ0) is 18.0. The van der Waals surface area contributed by atoms with Crippen LogP contribution in [0.3, 0.4) is 0 Å². The van der Waals surface area contributed by atoms with E-state index in [2.05, 4.69) is 25.7 Å². The van der Waals surface area contributed by atoms with Gasteiger partial charge in [-0.15, -0.1) is 0 Å². The maximum atomic E-state index is 12.8. The second-order valence-electron chi connectivity index (χ2n) is 5.26. The average molecular weight is 352 g/mol. The number of aliphatic hydroxyl groups is 1. The molecule has 0 fully saturated rings. The topological polar surface area (TPSA) is 87.9 Å². The van der Waals surface area contributed by atoms with E-state index in [-0.39, 0.29) is 24.8 Å². The minimum Gasteiger partial charge on any atom is -0.395 e. The van der Waals surface area contributed by atoms with E-state index in [9.17, 15) is 13.2 Å². The second kappa shape index (κ2) is 6.55. The van der Waals surface area contributed by atoms with Crippen LogP contribution in [-0.2, 0) is 13.2 Å². The van der Waals surface area contributed by atoms with Gasteiger partial charge in [0.2, 0.25) is 5.95 Å². The number of fused-ring (bicyclic) bond motifs is 1. The Labute approximate surface area is 140 Å². The predicted molar refractivity (Wildman–Crippen MR) is 86.6 cm³/mol. The van der Waals surface area contributed by atoms with E-state index in [1.165, 1.54) is 16.8 Å². The van der Waals surface area contributed by atoms with Crippen LogP contribution >= 0.6 is 0 Å². The van der Waals surface area contributed by atoms with E-state index in [1.54, 1.807) is 13.2 Å². The van der Waals surface area contributed by atoms with Gasteiger partial charge in [-0.25, -0.2) is 0 Å². The first kappa shape index (κ1) is 17.0. The van der Waals surface area contributed by atoms with Gasteiger partial charge in [-0.05, 0) is 18.2 Å². The molecule has 2 aromatic heterocycles. The van der Waals surface area contributed by atoms with Gasteiger partial charge in [0.05, 0.1) is 23.8 Å². The van der Waals surface area contributed by atoms with E-state index < -0.39 is 11.7 Å². The molecule has 0 aliphatic carbocycles. The Kier molecular flexibility index (Phi) is 4.45. The third-order valence-corrected chi connectivity index (χ3v) is 3.44. The summed E-state index contributed by atoms with van der Waals surface area (Å²) in [6, 6.07) is 4.77. The minimum atomic E-state index is -4.43. The van der Waals surface area contributed by atoms with Crippen molar-refractivity contribution in [3.05, 3.63) is 36.0 Å². The van der Waals surface area contributed by atoms with E-state index in [1.807, 2.05) is 0 Å². The molecule has 0 saturated heterocycles. The van der Waals surface area contributed by atoms with E-state index in [0.29, 0.717) is 16.9 Å². The summed E-state index contributed by atoms with van der Waals surface area (Å²) in [5.74, 6) is 0.553. The molecule has 0 aliphatic heterocycles. The Morgan fingerprint density at radius 1 is 1.24 bits per heavy atom. The number of hydrogen-bond donors (Lipinski definition) is 3. The van der Waals surface area contributed by atoms with Crippen molar-refractivity contribution in [1.29, 1.82) is 0 Å². The number of aromatic nitrogens is 4. The van der Waals surface area contributed by atoms with Gasteiger partial charge in [-0.3, -0.25) is 4.68 Å². The highest BCUT2D eigenvalue weighted by Crippen LogP contribution is 2.31. The number of alkyl halides is 3. The molecule has 3 aromatic rings. The first-order valence-corrected chi connectivity index (χ1v) is 7.37. The number of anilines is 3. The fraction of sp³-hybridized carbons (Fsp3) is 0.267. The first-order chi connectivity index (χ1) is 11.9. The summed E-state index contributed by atoms with van der Waals surface area (Å²) in [6.07, 6.45) is -2.86. The van der Waals surface area contributed by atoms with Gasteiger partial charge in [0.25, 0.3) is 0 Å². The monoisotopic (exact) mass is 352 g/mol. The number of nitrogens with zero attached hydrogens (tertiary/aromatic N) is 4. The van der Waals surface area contributed by atoms with Crippen molar-refractivity contribution in [3.8, 4) is 0 Å². The van der Waals surface area contributed by atoms with E-state index in [0.717, 1.165) is 12.1 Å². The van der Waals surface area contributed by atoms with Crippen LogP contribution in [-0.4, -0.2) is 38.0 Å². The van der Waals surface area contributed by atoms with Crippen LogP contribution in [0, 0.1) is 0 Å². The molecule has 0 saturated carbocycles. The Balaban J connectivity index is 1.97. The third kappa shape index (κ3) is 3.63. The summed E-state index contributed by atoms with van der Waals surface area (Å²) >= 11 is 0. The first-order valence-electron chi connectivity index (χ1n) is 7.37. The quantitative estimate of drug-likeness (QED) is 0.654. The third-order valence-electron chi connectivity index (χ3n) is 3.44. The van der Waals surface area contributed by atoms with Gasteiger partial charge >= 0.3 is 6.18 Å². The van der Waals surface area contributed by atoms with E-state index in [4.69, 9.17) is 5.11 Å². The highest BCUT2D eigenvalue weighted by molar-refractivity contribution is 5.87. The molecule has 0 bridgehead atoms. The maximum absolute atomic E-state index is 12.8. The lowest BCUT2D eigenvalue weighted by molar-refractivity contribution is -0.137. The number of aliphatic hydroxyl groups excluding tert-OH is 1. The molecule has 0 radical (unpaired) electrons. The zero-order valence-electron chi connectivity index (χ0n) is 13.2. The van der Waals surface area contributed by atoms with Gasteiger partial charge in [0.1, 0.15) is 5.82 Å². The summed E-state index contributed by atoms with van der Waals surface area (Å²) in [5, 5.41) is 19.4. The normalized spacial score (nSPS) is 11.7. The summed E-state index contributed by atoms with van der Waals surface area (Å²) in [4.78, 5) is 8.54. The Bertz CT molecular complexity index is 893. The van der Waals surface area contributed by atoms with Crippen molar-refractivity contribution in [2.45, 2.75) is 6.18 Å². The molecule has 0 aliphatic rings.